The van der Waals surface area contributed by atoms with Gasteiger partial charge in [-0.15, -0.1) is 0 Å². The van der Waals surface area contributed by atoms with E-state index in [0.29, 0.717) is 23.8 Å². The molecule has 5 nitrogen and oxygen atoms in total. The Morgan fingerprint density at radius 3 is 3.05 bits per heavy atom. The average molecular weight is 265 g/mol. The number of carbonyl (C=O) groups excluding carboxylic acids is 1. The van der Waals surface area contributed by atoms with Crippen molar-refractivity contribution in [2.75, 3.05) is 18.9 Å². The van der Waals surface area contributed by atoms with Gasteiger partial charge < -0.3 is 20.4 Å². The summed E-state index contributed by atoms with van der Waals surface area (Å²) in [6.07, 6.45) is 4.10. The van der Waals surface area contributed by atoms with E-state index in [4.69, 9.17) is 10.5 Å². The highest BCUT2D eigenvalue weighted by atomic mass is 16.5. The van der Waals surface area contributed by atoms with Gasteiger partial charge in [-0.1, -0.05) is 6.92 Å². The third kappa shape index (κ3) is 3.10. The van der Waals surface area contributed by atoms with Crippen molar-refractivity contribution in [3.8, 4) is 0 Å². The number of nitrogens with one attached hydrogen (secondary N) is 1. The Morgan fingerprint density at radius 1 is 1.58 bits per heavy atom. The molecular formula is C14H23N3O2. The number of aryl methyl sites for hydroxylation is 1. The van der Waals surface area contributed by atoms with E-state index < -0.39 is 0 Å². The molecule has 1 saturated heterocycles. The lowest BCUT2D eigenvalue weighted by Gasteiger charge is -2.17. The molecule has 3 N–H and O–H groups in total. The van der Waals surface area contributed by atoms with Crippen molar-refractivity contribution in [2.45, 2.75) is 39.3 Å². The quantitative estimate of drug-likeness (QED) is 0.850. The van der Waals surface area contributed by atoms with Crippen LogP contribution in [0.15, 0.2) is 12.3 Å². The molecule has 0 spiro atoms. The fourth-order valence-corrected chi connectivity index (χ4v) is 2.68. The Morgan fingerprint density at radius 2 is 2.37 bits per heavy atom. The zero-order valence-electron chi connectivity index (χ0n) is 11.7. The summed E-state index contributed by atoms with van der Waals surface area (Å²) in [5.74, 6) is 0.372. The van der Waals surface area contributed by atoms with Gasteiger partial charge in [-0.2, -0.15) is 0 Å². The zero-order chi connectivity index (χ0) is 13.8. The van der Waals surface area contributed by atoms with Crippen molar-refractivity contribution in [3.05, 3.63) is 18.0 Å². The first kappa shape index (κ1) is 13.9. The lowest BCUT2D eigenvalue weighted by molar-refractivity contribution is 0.0823. The molecule has 0 radical (unpaired) electrons. The number of rotatable bonds is 5. The molecule has 2 rings (SSSR count). The van der Waals surface area contributed by atoms with Crippen LogP contribution in [0.5, 0.6) is 0 Å². The summed E-state index contributed by atoms with van der Waals surface area (Å²) in [4.78, 5) is 12.2. The summed E-state index contributed by atoms with van der Waals surface area (Å²) < 4.78 is 7.49. The lowest BCUT2D eigenvalue weighted by atomic mass is 10.00. The highest BCUT2D eigenvalue weighted by molar-refractivity contribution is 5.93. The maximum Gasteiger partial charge on any atom is 0.267 e. The second kappa shape index (κ2) is 6.10. The predicted octanol–water partition coefficient (Wildman–Crippen LogP) is 1.64. The molecule has 0 aliphatic carbocycles. The highest BCUT2D eigenvalue weighted by Crippen LogP contribution is 2.22. The van der Waals surface area contributed by atoms with Gasteiger partial charge in [0.25, 0.3) is 5.91 Å². The molecule has 1 aromatic heterocycles. The summed E-state index contributed by atoms with van der Waals surface area (Å²) in [6, 6.07) is 1.72. The second-order valence-electron chi connectivity index (χ2n) is 5.02. The maximum atomic E-state index is 12.2. The third-order valence-electron chi connectivity index (χ3n) is 3.76. The Hall–Kier alpha value is -1.49. The minimum Gasteiger partial charge on any atom is -0.397 e. The van der Waals surface area contributed by atoms with Crippen molar-refractivity contribution < 1.29 is 9.53 Å². The maximum absolute atomic E-state index is 12.2. The average Bonchev–Trinajstić information content (AvgIpc) is 3.01. The summed E-state index contributed by atoms with van der Waals surface area (Å²) in [5, 5.41) is 3.00. The van der Waals surface area contributed by atoms with Gasteiger partial charge in [-0.25, -0.2) is 0 Å². The van der Waals surface area contributed by atoms with Gasteiger partial charge >= 0.3 is 0 Å². The molecule has 1 aromatic rings. The van der Waals surface area contributed by atoms with Crippen LogP contribution in [-0.2, 0) is 11.3 Å². The van der Waals surface area contributed by atoms with Crippen LogP contribution in [0.1, 0.15) is 37.2 Å². The van der Waals surface area contributed by atoms with Gasteiger partial charge in [-0.05, 0) is 25.8 Å². The number of nitrogens with two attached hydrogens (primary N) is 1. The number of hydrogen-bond acceptors (Lipinski definition) is 3. The summed E-state index contributed by atoms with van der Waals surface area (Å²) in [5.41, 5.74) is 6.99. The third-order valence-corrected chi connectivity index (χ3v) is 3.76. The summed E-state index contributed by atoms with van der Waals surface area (Å²) in [6.45, 7) is 6.33. The topological polar surface area (TPSA) is 69.3 Å². The molecule has 1 aliphatic rings. The fraction of sp³-hybridized carbons (Fsp3) is 0.643. The standard InChI is InChI=1S/C14H23N3O2/c1-3-13-10(5-6-19-13)8-16-14(18)12-7-11(15)9-17(12)4-2/h7,9-10,13H,3-6,8,15H2,1-2H3,(H,16,18). The largest absolute Gasteiger partial charge is 0.397 e. The minimum atomic E-state index is -0.0553. The first-order valence-corrected chi connectivity index (χ1v) is 7.01. The van der Waals surface area contributed by atoms with Crippen LogP contribution in [0.25, 0.3) is 0 Å². The number of amides is 1. The van der Waals surface area contributed by atoms with Crippen LogP contribution in [0.2, 0.25) is 0 Å². The number of ether oxygens (including phenoxy) is 1. The molecule has 2 unspecified atom stereocenters. The Balaban J connectivity index is 1.94. The van der Waals surface area contributed by atoms with Crippen LogP contribution in [0.4, 0.5) is 5.69 Å². The van der Waals surface area contributed by atoms with Gasteiger partial charge in [0, 0.05) is 31.8 Å². The van der Waals surface area contributed by atoms with Crippen molar-refractivity contribution >= 4 is 11.6 Å². The smallest absolute Gasteiger partial charge is 0.267 e. The molecule has 2 atom stereocenters. The molecule has 1 fully saturated rings. The summed E-state index contributed by atoms with van der Waals surface area (Å²) >= 11 is 0. The second-order valence-corrected chi connectivity index (χ2v) is 5.02. The monoisotopic (exact) mass is 265 g/mol. The van der Waals surface area contributed by atoms with E-state index in [1.807, 2.05) is 11.5 Å². The van der Waals surface area contributed by atoms with Gasteiger partial charge in [-0.3, -0.25) is 4.79 Å². The first-order chi connectivity index (χ1) is 9.15. The van der Waals surface area contributed by atoms with Gasteiger partial charge in [0.05, 0.1) is 11.8 Å². The van der Waals surface area contributed by atoms with Gasteiger partial charge in [0.1, 0.15) is 5.69 Å². The molecule has 0 bridgehead atoms. The lowest BCUT2D eigenvalue weighted by Crippen LogP contribution is -2.33. The molecule has 0 aromatic carbocycles. The summed E-state index contributed by atoms with van der Waals surface area (Å²) in [7, 11) is 0. The van der Waals surface area contributed by atoms with Crippen molar-refractivity contribution in [3.63, 3.8) is 0 Å². The molecule has 1 amide bonds. The first-order valence-electron chi connectivity index (χ1n) is 7.01. The molecule has 5 heteroatoms. The predicted molar refractivity (Wildman–Crippen MR) is 75.0 cm³/mol. The number of nitrogen functional groups attached to an aromatic ring is 1. The van der Waals surface area contributed by atoms with E-state index in [9.17, 15) is 4.79 Å². The number of nitrogens with zero attached hydrogens (tertiary/aromatic N) is 1. The van der Waals surface area contributed by atoms with E-state index in [1.54, 1.807) is 12.3 Å². The molecule has 1 aliphatic heterocycles. The van der Waals surface area contributed by atoms with E-state index in [0.717, 1.165) is 26.0 Å². The SMILES string of the molecule is CCC1OCCC1CNC(=O)c1cc(N)cn1CC. The van der Waals surface area contributed by atoms with E-state index >= 15 is 0 Å². The molecular weight excluding hydrogens is 242 g/mol. The van der Waals surface area contributed by atoms with E-state index in [-0.39, 0.29) is 12.0 Å². The fourth-order valence-electron chi connectivity index (χ4n) is 2.68. The number of carbonyl (C=O) groups is 1. The Kier molecular flexibility index (Phi) is 4.47. The number of anilines is 1. The van der Waals surface area contributed by atoms with Crippen molar-refractivity contribution in [2.24, 2.45) is 5.92 Å². The van der Waals surface area contributed by atoms with Gasteiger partial charge in [0.15, 0.2) is 0 Å². The number of aromatic nitrogens is 1. The van der Waals surface area contributed by atoms with E-state index in [2.05, 4.69) is 12.2 Å². The van der Waals surface area contributed by atoms with E-state index in [1.165, 1.54) is 0 Å². The Bertz CT molecular complexity index is 442. The van der Waals surface area contributed by atoms with Crippen LogP contribution in [-0.4, -0.2) is 29.7 Å². The van der Waals surface area contributed by atoms with Crippen molar-refractivity contribution in [1.82, 2.24) is 9.88 Å². The molecule has 0 saturated carbocycles. The van der Waals surface area contributed by atoms with Crippen LogP contribution < -0.4 is 11.1 Å². The Labute approximate surface area is 114 Å². The molecule has 106 valence electrons. The minimum absolute atomic E-state index is 0.0553. The number of hydrogen-bond donors (Lipinski definition) is 2. The van der Waals surface area contributed by atoms with Crippen LogP contribution >= 0.6 is 0 Å². The van der Waals surface area contributed by atoms with Crippen molar-refractivity contribution in [1.29, 1.82) is 0 Å². The van der Waals surface area contributed by atoms with Crippen LogP contribution in [0.3, 0.4) is 0 Å². The molecule has 19 heavy (non-hydrogen) atoms. The normalized spacial score (nSPS) is 22.6. The molecule has 2 heterocycles. The zero-order valence-corrected chi connectivity index (χ0v) is 11.7. The van der Waals surface area contributed by atoms with Gasteiger partial charge in [0.2, 0.25) is 0 Å². The van der Waals surface area contributed by atoms with Crippen LogP contribution in [0, 0.1) is 5.92 Å². The highest BCUT2D eigenvalue weighted by Gasteiger charge is 2.27.